The first kappa shape index (κ1) is 23.7. The molecule has 0 aliphatic heterocycles. The topological polar surface area (TPSA) is 38.7 Å². The molecule has 44 heavy (non-hydrogen) atoms. The molecule has 3 nitrogen and oxygen atoms in total. The van der Waals surface area contributed by atoms with Crippen LogP contribution in [0.5, 0.6) is 0 Å². The van der Waals surface area contributed by atoms with Crippen molar-refractivity contribution in [1.82, 2.24) is 15.0 Å². The maximum atomic E-state index is 8.59. The molecule has 0 aliphatic carbocycles. The Balaban J connectivity index is 1.41. The highest BCUT2D eigenvalue weighted by Crippen LogP contribution is 2.31. The third kappa shape index (κ3) is 6.46. The van der Waals surface area contributed by atoms with Crippen LogP contribution in [0.3, 0.4) is 0 Å². The summed E-state index contributed by atoms with van der Waals surface area (Å²) in [4.78, 5) is 14.2. The first-order valence-corrected chi connectivity index (χ1v) is 18.4. The zero-order chi connectivity index (χ0) is 35.2. The van der Waals surface area contributed by atoms with E-state index in [1.165, 1.54) is 10.8 Å². The van der Waals surface area contributed by atoms with Crippen LogP contribution in [0.4, 0.5) is 0 Å². The molecule has 0 fully saturated rings. The average molecular weight is 595 g/mol. The summed E-state index contributed by atoms with van der Waals surface area (Å²) in [6.07, 6.45) is 0. The van der Waals surface area contributed by atoms with Crippen molar-refractivity contribution in [2.45, 2.75) is 45.8 Å². The summed E-state index contributed by atoms with van der Waals surface area (Å²) in [5, 5.41) is 1.29. The standard InChI is InChI=1S/C40H39N3Si/c1-40(2,3)35-23-19-29(20-24-35)34-14-10-13-33(27-34)28-15-17-31(18-16-28)38-41-37(30-11-8-7-9-12-30)42-39(43-38)32-21-25-36(26-22-32)44(4,5)6/h7-27H,1-6H3/i7D,8D,9D,11D,12D. The van der Waals surface area contributed by atoms with Crippen LogP contribution in [0.15, 0.2) is 127 Å². The fourth-order valence-corrected chi connectivity index (χ4v) is 6.25. The van der Waals surface area contributed by atoms with E-state index in [4.69, 9.17) is 11.8 Å². The highest BCUT2D eigenvalue weighted by atomic mass is 28.3. The Kier molecular flexibility index (Phi) is 6.36. The minimum Gasteiger partial charge on any atom is -0.208 e. The Morgan fingerprint density at radius 2 is 0.932 bits per heavy atom. The Hall–Kier alpha value is -4.67. The number of rotatable bonds is 6. The van der Waals surface area contributed by atoms with Gasteiger partial charge in [-0.05, 0) is 39.3 Å². The van der Waals surface area contributed by atoms with E-state index in [2.05, 4.69) is 111 Å². The maximum Gasteiger partial charge on any atom is 0.164 e. The van der Waals surface area contributed by atoms with E-state index in [9.17, 15) is 0 Å². The molecule has 0 spiro atoms. The van der Waals surface area contributed by atoms with E-state index >= 15 is 0 Å². The summed E-state index contributed by atoms with van der Waals surface area (Å²) in [7, 11) is -1.55. The molecule has 0 aliphatic rings. The van der Waals surface area contributed by atoms with Gasteiger partial charge in [0.05, 0.1) is 14.9 Å². The minimum absolute atomic E-state index is 0.0283. The second kappa shape index (κ2) is 11.8. The molecule has 5 aromatic carbocycles. The molecule has 0 bridgehead atoms. The van der Waals surface area contributed by atoms with Gasteiger partial charge in [0.25, 0.3) is 0 Å². The van der Waals surface area contributed by atoms with Gasteiger partial charge >= 0.3 is 0 Å². The molecule has 0 saturated heterocycles. The summed E-state index contributed by atoms with van der Waals surface area (Å²) >= 11 is 0. The van der Waals surface area contributed by atoms with Gasteiger partial charge in [0, 0.05) is 16.7 Å². The Bertz CT molecular complexity index is 2140. The van der Waals surface area contributed by atoms with E-state index in [0.717, 1.165) is 27.8 Å². The van der Waals surface area contributed by atoms with Crippen molar-refractivity contribution < 1.29 is 6.85 Å². The van der Waals surface area contributed by atoms with Gasteiger partial charge in [0.1, 0.15) is 0 Å². The van der Waals surface area contributed by atoms with Crippen molar-refractivity contribution in [3.63, 3.8) is 0 Å². The van der Waals surface area contributed by atoms with Crippen molar-refractivity contribution in [1.29, 1.82) is 0 Å². The smallest absolute Gasteiger partial charge is 0.164 e. The van der Waals surface area contributed by atoms with Crippen LogP contribution in [0.25, 0.3) is 56.4 Å². The second-order valence-corrected chi connectivity index (χ2v) is 18.2. The van der Waals surface area contributed by atoms with Crippen LogP contribution in [0.1, 0.15) is 33.2 Å². The van der Waals surface area contributed by atoms with E-state index < -0.39 is 26.2 Å². The fourth-order valence-electron chi connectivity index (χ4n) is 5.08. The normalized spacial score (nSPS) is 13.5. The summed E-state index contributed by atoms with van der Waals surface area (Å²) < 4.78 is 41.7. The molecule has 218 valence electrons. The van der Waals surface area contributed by atoms with Crippen molar-refractivity contribution >= 4 is 13.3 Å². The molecule has 4 heteroatoms. The lowest BCUT2D eigenvalue weighted by Crippen LogP contribution is -2.37. The molecule has 0 unspecified atom stereocenters. The monoisotopic (exact) mass is 594 g/mol. The van der Waals surface area contributed by atoms with E-state index in [-0.39, 0.29) is 28.9 Å². The molecule has 0 radical (unpaired) electrons. The van der Waals surface area contributed by atoms with Crippen molar-refractivity contribution in [3.05, 3.63) is 133 Å². The quantitative estimate of drug-likeness (QED) is 0.180. The molecule has 0 saturated carbocycles. The number of aromatic nitrogens is 3. The fraction of sp³-hybridized carbons (Fsp3) is 0.175. The molecule has 0 atom stereocenters. The van der Waals surface area contributed by atoms with Crippen molar-refractivity contribution in [3.8, 4) is 56.4 Å². The average Bonchev–Trinajstić information content (AvgIpc) is 3.09. The van der Waals surface area contributed by atoms with Gasteiger partial charge in [0.15, 0.2) is 17.5 Å². The summed E-state index contributed by atoms with van der Waals surface area (Å²) in [6.45, 7) is 13.5. The molecule has 6 aromatic rings. The van der Waals surface area contributed by atoms with Crippen molar-refractivity contribution in [2.24, 2.45) is 0 Å². The number of hydrogen-bond acceptors (Lipinski definition) is 3. The van der Waals surface area contributed by atoms with E-state index in [0.29, 0.717) is 17.2 Å². The SMILES string of the molecule is [2H]c1c([2H])c([2H])c(-c2nc(-c3ccc(-c4cccc(-c5ccc(C(C)(C)C)cc5)c4)cc3)nc(-c3ccc([Si](C)(C)C)cc3)n2)c([2H])c1[2H]. The molecule has 0 N–H and O–H groups in total. The lowest BCUT2D eigenvalue weighted by molar-refractivity contribution is 0.590. The Morgan fingerprint density at radius 3 is 1.41 bits per heavy atom. The van der Waals surface area contributed by atoms with Gasteiger partial charge in [-0.15, -0.1) is 0 Å². The lowest BCUT2D eigenvalue weighted by Gasteiger charge is -2.19. The van der Waals surface area contributed by atoms with Gasteiger partial charge in [-0.2, -0.15) is 0 Å². The van der Waals surface area contributed by atoms with E-state index in [1.54, 1.807) is 0 Å². The number of nitrogens with zero attached hydrogens (tertiary/aromatic N) is 3. The number of benzene rings is 5. The van der Waals surface area contributed by atoms with Gasteiger partial charge in [-0.3, -0.25) is 0 Å². The van der Waals surface area contributed by atoms with Crippen LogP contribution in [0, 0.1) is 0 Å². The van der Waals surface area contributed by atoms with Gasteiger partial charge in [-0.25, -0.2) is 15.0 Å². The predicted octanol–water partition coefficient (Wildman–Crippen LogP) is 10.0. The molecular formula is C40H39N3Si. The predicted molar refractivity (Wildman–Crippen MR) is 189 cm³/mol. The first-order valence-electron chi connectivity index (χ1n) is 17.4. The third-order valence-corrected chi connectivity index (χ3v) is 9.86. The zero-order valence-electron chi connectivity index (χ0n) is 31.1. The Labute approximate surface area is 269 Å². The van der Waals surface area contributed by atoms with Crippen LogP contribution in [0.2, 0.25) is 19.6 Å². The summed E-state index contributed by atoms with van der Waals surface area (Å²) in [5.41, 5.74) is 7.18. The molecule has 0 amide bonds. The molecule has 1 aromatic heterocycles. The van der Waals surface area contributed by atoms with Crippen LogP contribution < -0.4 is 5.19 Å². The highest BCUT2D eigenvalue weighted by molar-refractivity contribution is 6.88. The van der Waals surface area contributed by atoms with Crippen molar-refractivity contribution in [2.75, 3.05) is 0 Å². The second-order valence-electron chi connectivity index (χ2n) is 13.1. The first-order chi connectivity index (χ1) is 23.1. The van der Waals surface area contributed by atoms with E-state index in [1.807, 2.05) is 36.4 Å². The maximum absolute atomic E-state index is 8.59. The lowest BCUT2D eigenvalue weighted by atomic mass is 9.86. The number of hydrogen-bond donors (Lipinski definition) is 0. The van der Waals surface area contributed by atoms with Crippen LogP contribution in [-0.2, 0) is 5.41 Å². The van der Waals surface area contributed by atoms with Crippen LogP contribution in [-0.4, -0.2) is 23.0 Å². The van der Waals surface area contributed by atoms with Gasteiger partial charge < -0.3 is 0 Å². The van der Waals surface area contributed by atoms with Gasteiger partial charge in [0.2, 0.25) is 0 Å². The van der Waals surface area contributed by atoms with Gasteiger partial charge in [-0.1, -0.05) is 167 Å². The van der Waals surface area contributed by atoms with Crippen LogP contribution >= 0.6 is 0 Å². The Morgan fingerprint density at radius 1 is 0.500 bits per heavy atom. The largest absolute Gasteiger partial charge is 0.208 e. The summed E-state index contributed by atoms with van der Waals surface area (Å²) in [6, 6.07) is 31.2. The minimum atomic E-state index is -1.55. The molecular weight excluding hydrogens is 551 g/mol. The zero-order valence-corrected chi connectivity index (χ0v) is 27.1. The highest BCUT2D eigenvalue weighted by Gasteiger charge is 2.18. The summed E-state index contributed by atoms with van der Waals surface area (Å²) in [5.74, 6) is 0.740. The molecule has 6 rings (SSSR count). The third-order valence-electron chi connectivity index (χ3n) is 7.79. The molecule has 1 heterocycles.